The van der Waals surface area contributed by atoms with Gasteiger partial charge in [-0.2, -0.15) is 4.98 Å². The number of methoxy groups -OCH3 is 3. The predicted octanol–water partition coefficient (Wildman–Crippen LogP) is 5.24. The number of carbonyl (C=O) groups excluding carboxylic acids is 1. The molecule has 3 rings (SSSR count). The Morgan fingerprint density at radius 3 is 2.32 bits per heavy atom. The van der Waals surface area contributed by atoms with Gasteiger partial charge >= 0.3 is 0 Å². The summed E-state index contributed by atoms with van der Waals surface area (Å²) < 4.78 is 16.1. The molecule has 162 valence electrons. The molecular formula is C22H23ClN4O4. The van der Waals surface area contributed by atoms with Crippen LogP contribution in [-0.2, 0) is 0 Å². The number of carbonyl (C=O) groups is 1. The maximum absolute atomic E-state index is 12.2. The number of aromatic nitrogens is 2. The Morgan fingerprint density at radius 2 is 1.71 bits per heavy atom. The topological polar surface area (TPSA) is 94.6 Å². The van der Waals surface area contributed by atoms with Crippen molar-refractivity contribution in [2.45, 2.75) is 13.3 Å². The molecule has 9 heteroatoms. The van der Waals surface area contributed by atoms with E-state index in [0.29, 0.717) is 57.4 Å². The molecule has 0 aliphatic heterocycles. The van der Waals surface area contributed by atoms with Crippen LogP contribution in [0.5, 0.6) is 17.2 Å². The lowest BCUT2D eigenvalue weighted by molar-refractivity contribution is 0.0989. The van der Waals surface area contributed by atoms with Crippen LogP contribution in [0.25, 0.3) is 0 Å². The molecule has 0 fully saturated rings. The third-order valence-electron chi connectivity index (χ3n) is 4.47. The van der Waals surface area contributed by atoms with Gasteiger partial charge in [-0.1, -0.05) is 30.7 Å². The second-order valence-corrected chi connectivity index (χ2v) is 6.78. The molecule has 1 heterocycles. The number of hydrogen-bond acceptors (Lipinski definition) is 8. The molecule has 0 atom stereocenters. The van der Waals surface area contributed by atoms with Crippen LogP contribution >= 0.6 is 11.6 Å². The van der Waals surface area contributed by atoms with E-state index in [1.165, 1.54) is 27.5 Å². The zero-order chi connectivity index (χ0) is 22.4. The average Bonchev–Trinajstić information content (AvgIpc) is 2.80. The van der Waals surface area contributed by atoms with Crippen LogP contribution < -0.4 is 24.8 Å². The van der Waals surface area contributed by atoms with Gasteiger partial charge in [0.05, 0.1) is 33.2 Å². The Kier molecular flexibility index (Phi) is 7.15. The summed E-state index contributed by atoms with van der Waals surface area (Å²) in [7, 11) is 4.61. The zero-order valence-electron chi connectivity index (χ0n) is 17.7. The molecule has 31 heavy (non-hydrogen) atoms. The number of Topliss-reactive ketones (excluding diaryl/α,β-unsaturated/α-hetero) is 1. The Hall–Kier alpha value is -3.52. The van der Waals surface area contributed by atoms with Crippen LogP contribution in [0.15, 0.2) is 42.6 Å². The Labute approximate surface area is 185 Å². The number of halogens is 1. The first kappa shape index (κ1) is 22.2. The molecule has 0 amide bonds. The van der Waals surface area contributed by atoms with Crippen LogP contribution in [0, 0.1) is 0 Å². The van der Waals surface area contributed by atoms with Crippen molar-refractivity contribution in [2.24, 2.45) is 0 Å². The van der Waals surface area contributed by atoms with Crippen molar-refractivity contribution in [2.75, 3.05) is 32.0 Å². The first-order valence-electron chi connectivity index (χ1n) is 9.49. The number of para-hydroxylation sites is 1. The van der Waals surface area contributed by atoms with Crippen LogP contribution in [0.1, 0.15) is 23.7 Å². The molecular weight excluding hydrogens is 420 g/mol. The molecule has 3 aromatic rings. The third kappa shape index (κ3) is 4.97. The maximum atomic E-state index is 12.2. The van der Waals surface area contributed by atoms with Crippen LogP contribution in [0.2, 0.25) is 5.02 Å². The van der Waals surface area contributed by atoms with Gasteiger partial charge in [-0.3, -0.25) is 4.79 Å². The van der Waals surface area contributed by atoms with E-state index < -0.39 is 0 Å². The fourth-order valence-corrected chi connectivity index (χ4v) is 3.09. The van der Waals surface area contributed by atoms with Crippen molar-refractivity contribution in [3.63, 3.8) is 0 Å². The molecule has 2 aromatic carbocycles. The molecule has 8 nitrogen and oxygen atoms in total. The van der Waals surface area contributed by atoms with Crippen LogP contribution in [0.3, 0.4) is 0 Å². The standard InChI is InChI=1S/C22H23ClN4O4/c1-5-17(28)14-8-6-7-9-16(14)26-21-15(23)12-24-22(27-21)25-13-10-18(29-2)20(31-4)19(11-13)30-3/h6-12H,5H2,1-4H3,(H2,24,25,26,27). The molecule has 0 aliphatic carbocycles. The van der Waals surface area contributed by atoms with Gasteiger partial charge in [0, 0.05) is 29.8 Å². The predicted molar refractivity (Wildman–Crippen MR) is 121 cm³/mol. The lowest BCUT2D eigenvalue weighted by Crippen LogP contribution is -2.06. The summed E-state index contributed by atoms with van der Waals surface area (Å²) in [6.07, 6.45) is 1.87. The smallest absolute Gasteiger partial charge is 0.229 e. The van der Waals surface area contributed by atoms with Crippen molar-refractivity contribution in [1.29, 1.82) is 0 Å². The molecule has 0 saturated heterocycles. The largest absolute Gasteiger partial charge is 0.493 e. The summed E-state index contributed by atoms with van der Waals surface area (Å²) in [6.45, 7) is 1.82. The monoisotopic (exact) mass is 442 g/mol. The molecule has 0 saturated carbocycles. The number of rotatable bonds is 9. The van der Waals surface area contributed by atoms with Gasteiger partial charge in [-0.15, -0.1) is 0 Å². The van der Waals surface area contributed by atoms with Crippen molar-refractivity contribution in [3.8, 4) is 17.2 Å². The van der Waals surface area contributed by atoms with E-state index in [1.807, 2.05) is 19.1 Å². The molecule has 0 bridgehead atoms. The normalized spacial score (nSPS) is 10.4. The quantitative estimate of drug-likeness (QED) is 0.434. The molecule has 0 radical (unpaired) electrons. The fourth-order valence-electron chi connectivity index (χ4n) is 2.95. The molecule has 0 spiro atoms. The van der Waals surface area contributed by atoms with Crippen LogP contribution in [-0.4, -0.2) is 37.1 Å². The highest BCUT2D eigenvalue weighted by Crippen LogP contribution is 2.40. The minimum Gasteiger partial charge on any atom is -0.493 e. The van der Waals surface area contributed by atoms with Gasteiger partial charge in [0.1, 0.15) is 5.02 Å². The van der Waals surface area contributed by atoms with E-state index in [4.69, 9.17) is 25.8 Å². The number of ether oxygens (including phenoxy) is 3. The van der Waals surface area contributed by atoms with E-state index in [1.54, 1.807) is 24.3 Å². The number of ketones is 1. The lowest BCUT2D eigenvalue weighted by Gasteiger charge is -2.15. The highest BCUT2D eigenvalue weighted by molar-refractivity contribution is 6.33. The molecule has 0 unspecified atom stereocenters. The summed E-state index contributed by atoms with van der Waals surface area (Å²) in [6, 6.07) is 10.7. The van der Waals surface area contributed by atoms with Crippen molar-refractivity contribution in [1.82, 2.24) is 9.97 Å². The summed E-state index contributed by atoms with van der Waals surface area (Å²) in [4.78, 5) is 20.9. The average molecular weight is 443 g/mol. The minimum atomic E-state index is 0.0176. The molecule has 2 N–H and O–H groups in total. The van der Waals surface area contributed by atoms with E-state index in [0.717, 1.165) is 0 Å². The van der Waals surface area contributed by atoms with Gasteiger partial charge in [0.15, 0.2) is 23.1 Å². The zero-order valence-corrected chi connectivity index (χ0v) is 18.4. The van der Waals surface area contributed by atoms with Gasteiger partial charge < -0.3 is 24.8 Å². The lowest BCUT2D eigenvalue weighted by atomic mass is 10.1. The Morgan fingerprint density at radius 1 is 1.03 bits per heavy atom. The Balaban J connectivity index is 1.92. The van der Waals surface area contributed by atoms with E-state index in [2.05, 4.69) is 20.6 Å². The maximum Gasteiger partial charge on any atom is 0.229 e. The van der Waals surface area contributed by atoms with Gasteiger partial charge in [-0.25, -0.2) is 4.98 Å². The van der Waals surface area contributed by atoms with E-state index in [-0.39, 0.29) is 5.78 Å². The summed E-state index contributed by atoms with van der Waals surface area (Å²) >= 11 is 6.29. The fraction of sp³-hybridized carbons (Fsp3) is 0.227. The number of nitrogens with one attached hydrogen (secondary N) is 2. The number of hydrogen-bond donors (Lipinski definition) is 2. The SMILES string of the molecule is CCC(=O)c1ccccc1Nc1nc(Nc2cc(OC)c(OC)c(OC)c2)ncc1Cl. The second-order valence-electron chi connectivity index (χ2n) is 6.38. The minimum absolute atomic E-state index is 0.0176. The second kappa shape index (κ2) is 9.99. The number of anilines is 4. The summed E-state index contributed by atoms with van der Waals surface area (Å²) in [5.41, 5.74) is 1.82. The van der Waals surface area contributed by atoms with Crippen molar-refractivity contribution >= 4 is 40.5 Å². The summed E-state index contributed by atoms with van der Waals surface area (Å²) in [5.74, 6) is 2.13. The van der Waals surface area contributed by atoms with Crippen LogP contribution in [0.4, 0.5) is 23.1 Å². The molecule has 1 aromatic heterocycles. The Bertz CT molecular complexity index is 1070. The van der Waals surface area contributed by atoms with Crippen molar-refractivity contribution < 1.29 is 19.0 Å². The highest BCUT2D eigenvalue weighted by Gasteiger charge is 2.15. The first-order valence-corrected chi connectivity index (χ1v) is 9.87. The summed E-state index contributed by atoms with van der Waals surface area (Å²) in [5, 5.41) is 6.55. The van der Waals surface area contributed by atoms with E-state index >= 15 is 0 Å². The third-order valence-corrected chi connectivity index (χ3v) is 4.74. The van der Waals surface area contributed by atoms with E-state index in [9.17, 15) is 4.79 Å². The van der Waals surface area contributed by atoms with Gasteiger partial charge in [0.25, 0.3) is 0 Å². The van der Waals surface area contributed by atoms with Gasteiger partial charge in [-0.05, 0) is 12.1 Å². The van der Waals surface area contributed by atoms with Gasteiger partial charge in [0.2, 0.25) is 11.7 Å². The van der Waals surface area contributed by atoms with Crippen molar-refractivity contribution in [3.05, 3.63) is 53.2 Å². The number of benzene rings is 2. The number of nitrogens with zero attached hydrogens (tertiary/aromatic N) is 2. The first-order chi connectivity index (χ1) is 15.0. The molecule has 0 aliphatic rings. The highest BCUT2D eigenvalue weighted by atomic mass is 35.5.